The van der Waals surface area contributed by atoms with E-state index in [1.54, 1.807) is 0 Å². The van der Waals surface area contributed by atoms with Crippen LogP contribution in [0.2, 0.25) is 0 Å². The molecule has 3 atom stereocenters. The molecule has 1 fully saturated rings. The fourth-order valence-corrected chi connectivity index (χ4v) is 4.29. The van der Waals surface area contributed by atoms with Crippen molar-refractivity contribution in [3.05, 3.63) is 0 Å². The van der Waals surface area contributed by atoms with E-state index < -0.39 is 12.1 Å². The Bertz CT molecular complexity index is 565. The standard InChI is InChI=1S/C20H36N3O7PS/c24-10-12-29-11-9-21-19(27)7-3-17(14-26)23-20(28)8-4-16(13-25)22-15-1-5-18(6-2-15)30-31-32/h13-18,22,24,31-32H,1-12H2,(H,21,27)(H,23,28). The van der Waals surface area contributed by atoms with Gasteiger partial charge in [0.1, 0.15) is 12.6 Å². The van der Waals surface area contributed by atoms with Gasteiger partial charge in [-0.2, -0.15) is 0 Å². The van der Waals surface area contributed by atoms with E-state index in [9.17, 15) is 19.2 Å². The van der Waals surface area contributed by atoms with Gasteiger partial charge >= 0.3 is 0 Å². The summed E-state index contributed by atoms with van der Waals surface area (Å²) in [4.78, 5) is 46.6. The second-order valence-electron chi connectivity index (χ2n) is 7.67. The molecule has 4 N–H and O–H groups in total. The van der Waals surface area contributed by atoms with Gasteiger partial charge < -0.3 is 39.9 Å². The van der Waals surface area contributed by atoms with Gasteiger partial charge in [0.2, 0.25) is 11.8 Å². The number of ether oxygens (including phenoxy) is 1. The lowest BCUT2D eigenvalue weighted by atomic mass is 9.92. The molecule has 0 aromatic heterocycles. The highest BCUT2D eigenvalue weighted by molar-refractivity contribution is 8.36. The van der Waals surface area contributed by atoms with E-state index >= 15 is 0 Å². The van der Waals surface area contributed by atoms with Crippen LogP contribution in [-0.4, -0.2) is 80.1 Å². The molecule has 0 aromatic rings. The molecule has 0 aliphatic heterocycles. The minimum absolute atomic E-state index is 0.0777. The van der Waals surface area contributed by atoms with Crippen molar-refractivity contribution in [1.29, 1.82) is 0 Å². The molecule has 0 heterocycles. The second-order valence-corrected chi connectivity index (χ2v) is 8.63. The van der Waals surface area contributed by atoms with Gasteiger partial charge in [0.15, 0.2) is 0 Å². The molecule has 0 bridgehead atoms. The normalized spacial score (nSPS) is 20.6. The third kappa shape index (κ3) is 13.4. The van der Waals surface area contributed by atoms with Gasteiger partial charge in [-0.15, -0.1) is 12.2 Å². The quantitative estimate of drug-likeness (QED) is 0.0793. The fraction of sp³-hybridized carbons (Fsp3) is 0.800. The van der Waals surface area contributed by atoms with Crippen molar-refractivity contribution in [2.45, 2.75) is 75.6 Å². The number of nitrogens with one attached hydrogen (secondary N) is 3. The molecule has 0 saturated heterocycles. The summed E-state index contributed by atoms with van der Waals surface area (Å²) in [6.45, 7) is 0.729. The Morgan fingerprint density at radius 1 is 1.03 bits per heavy atom. The number of thiol groups is 1. The van der Waals surface area contributed by atoms with Crippen molar-refractivity contribution in [2.75, 3.05) is 26.4 Å². The van der Waals surface area contributed by atoms with Crippen LogP contribution in [0.15, 0.2) is 0 Å². The van der Waals surface area contributed by atoms with Gasteiger partial charge in [-0.25, -0.2) is 0 Å². The molecular weight excluding hydrogens is 457 g/mol. The lowest BCUT2D eigenvalue weighted by molar-refractivity contribution is -0.125. The second kappa shape index (κ2) is 18.3. The van der Waals surface area contributed by atoms with Crippen molar-refractivity contribution in [1.82, 2.24) is 16.0 Å². The predicted molar refractivity (Wildman–Crippen MR) is 125 cm³/mol. The first-order valence-corrected chi connectivity index (χ1v) is 13.2. The highest BCUT2D eigenvalue weighted by Gasteiger charge is 2.24. The van der Waals surface area contributed by atoms with E-state index in [-0.39, 0.29) is 71.1 Å². The van der Waals surface area contributed by atoms with Gasteiger partial charge in [0.05, 0.1) is 46.0 Å². The van der Waals surface area contributed by atoms with Gasteiger partial charge in [-0.1, -0.05) is 0 Å². The molecule has 10 nitrogen and oxygen atoms in total. The van der Waals surface area contributed by atoms with Gasteiger partial charge in [0.25, 0.3) is 0 Å². The molecule has 1 saturated carbocycles. The predicted octanol–water partition coefficient (Wildman–Crippen LogP) is 0.279. The molecule has 12 heteroatoms. The number of aliphatic hydroxyl groups excluding tert-OH is 1. The topological polar surface area (TPSA) is 143 Å². The SMILES string of the molecule is O=CC(CCC(=O)NCCOCCO)NC(=O)CCC(C=O)NC1CCC(OPS)CC1. The molecule has 1 rings (SSSR count). The van der Waals surface area contributed by atoms with Gasteiger partial charge in [-0.05, 0) is 38.5 Å². The molecule has 1 aliphatic carbocycles. The summed E-state index contributed by atoms with van der Waals surface area (Å²) in [7, 11) is 0.183. The molecule has 0 radical (unpaired) electrons. The van der Waals surface area contributed by atoms with Crippen LogP contribution in [-0.2, 0) is 28.4 Å². The van der Waals surface area contributed by atoms with Gasteiger partial charge in [0, 0.05) is 25.4 Å². The number of rotatable bonds is 18. The van der Waals surface area contributed by atoms with Crippen LogP contribution in [0.3, 0.4) is 0 Å². The molecular formula is C20H36N3O7PS. The van der Waals surface area contributed by atoms with E-state index in [1.807, 2.05) is 0 Å². The van der Waals surface area contributed by atoms with Crippen LogP contribution in [0.25, 0.3) is 0 Å². The Balaban J connectivity index is 2.23. The van der Waals surface area contributed by atoms with Crippen LogP contribution < -0.4 is 16.0 Å². The third-order valence-electron chi connectivity index (χ3n) is 5.19. The Labute approximate surface area is 196 Å². The highest BCUT2D eigenvalue weighted by atomic mass is 32.7. The average molecular weight is 494 g/mol. The van der Waals surface area contributed by atoms with E-state index in [4.69, 9.17) is 14.4 Å². The lowest BCUT2D eigenvalue weighted by Gasteiger charge is -2.30. The largest absolute Gasteiger partial charge is 0.394 e. The fourth-order valence-electron chi connectivity index (χ4n) is 3.46. The highest BCUT2D eigenvalue weighted by Crippen LogP contribution is 2.29. The molecule has 0 aromatic carbocycles. The van der Waals surface area contributed by atoms with Crippen LogP contribution >= 0.6 is 20.3 Å². The molecule has 0 spiro atoms. The van der Waals surface area contributed by atoms with Crippen molar-refractivity contribution in [3.63, 3.8) is 0 Å². The van der Waals surface area contributed by atoms with E-state index in [1.165, 1.54) is 0 Å². The van der Waals surface area contributed by atoms with Crippen LogP contribution in [0.5, 0.6) is 0 Å². The number of hydrogen-bond acceptors (Lipinski definition) is 9. The van der Waals surface area contributed by atoms with Crippen molar-refractivity contribution < 1.29 is 33.5 Å². The van der Waals surface area contributed by atoms with E-state index in [2.05, 4.69) is 28.2 Å². The first kappa shape index (κ1) is 28.9. The number of hydrogen-bond donors (Lipinski definition) is 5. The monoisotopic (exact) mass is 493 g/mol. The number of aldehydes is 2. The van der Waals surface area contributed by atoms with Crippen LogP contribution in [0.1, 0.15) is 51.4 Å². The number of carbonyl (C=O) groups is 4. The van der Waals surface area contributed by atoms with Crippen molar-refractivity contribution in [3.8, 4) is 0 Å². The first-order valence-electron chi connectivity index (χ1n) is 11.0. The minimum Gasteiger partial charge on any atom is -0.394 e. The summed E-state index contributed by atoms with van der Waals surface area (Å²) in [5.74, 6) is -0.584. The number of amides is 2. The zero-order valence-corrected chi connectivity index (χ0v) is 20.2. The van der Waals surface area contributed by atoms with Crippen LogP contribution in [0, 0.1) is 0 Å². The summed E-state index contributed by atoms with van der Waals surface area (Å²) >= 11 is 4.10. The first-order chi connectivity index (χ1) is 15.5. The average Bonchev–Trinajstić information content (AvgIpc) is 2.80. The summed E-state index contributed by atoms with van der Waals surface area (Å²) in [6.07, 6.45) is 6.01. The van der Waals surface area contributed by atoms with Gasteiger partial charge in [-0.3, -0.25) is 9.59 Å². The molecule has 32 heavy (non-hydrogen) atoms. The summed E-state index contributed by atoms with van der Waals surface area (Å²) < 4.78 is 10.6. The molecule has 1 aliphatic rings. The summed E-state index contributed by atoms with van der Waals surface area (Å²) in [5, 5.41) is 17.1. The van der Waals surface area contributed by atoms with Crippen molar-refractivity contribution >= 4 is 44.6 Å². The Hall–Kier alpha value is -1.10. The number of aliphatic hydroxyl groups is 1. The summed E-state index contributed by atoms with van der Waals surface area (Å²) in [5.41, 5.74) is 0. The zero-order chi connectivity index (χ0) is 23.6. The minimum atomic E-state index is -0.760. The lowest BCUT2D eigenvalue weighted by Crippen LogP contribution is -2.43. The smallest absolute Gasteiger partial charge is 0.220 e. The zero-order valence-electron chi connectivity index (χ0n) is 18.3. The summed E-state index contributed by atoms with van der Waals surface area (Å²) in [6, 6.07) is -0.973. The number of carbonyl (C=O) groups excluding carboxylic acids is 4. The maximum absolute atomic E-state index is 12.2. The van der Waals surface area contributed by atoms with E-state index in [0.29, 0.717) is 19.3 Å². The maximum Gasteiger partial charge on any atom is 0.220 e. The van der Waals surface area contributed by atoms with Crippen molar-refractivity contribution in [2.24, 2.45) is 0 Å². The maximum atomic E-state index is 12.2. The van der Waals surface area contributed by atoms with Crippen LogP contribution in [0.4, 0.5) is 0 Å². The Kier molecular flexibility index (Phi) is 16.6. The molecule has 3 unspecified atom stereocenters. The van der Waals surface area contributed by atoms with E-state index in [0.717, 1.165) is 32.0 Å². The molecule has 184 valence electrons. The Morgan fingerprint density at radius 3 is 2.31 bits per heavy atom. The Morgan fingerprint density at radius 2 is 1.69 bits per heavy atom. The molecule has 2 amide bonds. The third-order valence-corrected chi connectivity index (χ3v) is 5.94.